The fourth-order valence-electron chi connectivity index (χ4n) is 1.81. The first-order chi connectivity index (χ1) is 8.26. The second-order valence-electron chi connectivity index (χ2n) is 4.13. The van der Waals surface area contributed by atoms with E-state index in [9.17, 15) is 4.79 Å². The van der Waals surface area contributed by atoms with Crippen LogP contribution >= 0.6 is 0 Å². The Morgan fingerprint density at radius 3 is 3.00 bits per heavy atom. The third kappa shape index (κ3) is 2.74. The Kier molecular flexibility index (Phi) is 3.58. The number of hydrogen-bond donors (Lipinski definition) is 2. The van der Waals surface area contributed by atoms with Crippen LogP contribution in [0.5, 0.6) is 0 Å². The van der Waals surface area contributed by atoms with Gasteiger partial charge >= 0.3 is 0 Å². The largest absolute Gasteiger partial charge is 0.395 e. The van der Waals surface area contributed by atoms with E-state index in [0.717, 1.165) is 12.8 Å². The van der Waals surface area contributed by atoms with Gasteiger partial charge in [-0.2, -0.15) is 0 Å². The topological polar surface area (TPSA) is 65.5 Å². The SMILES string of the molecule is CNc1cc(C(=O)N(CCO)C2CC2)ccn1. The predicted octanol–water partition coefficient (Wildman–Crippen LogP) is 0.720. The van der Waals surface area contributed by atoms with Crippen LogP contribution in [0.4, 0.5) is 5.82 Å². The summed E-state index contributed by atoms with van der Waals surface area (Å²) in [4.78, 5) is 18.1. The average molecular weight is 235 g/mol. The third-order valence-electron chi connectivity index (χ3n) is 2.85. The molecule has 0 spiro atoms. The molecule has 1 amide bonds. The van der Waals surface area contributed by atoms with Crippen LogP contribution in [0.2, 0.25) is 0 Å². The van der Waals surface area contributed by atoms with Crippen molar-refractivity contribution in [2.75, 3.05) is 25.5 Å². The Balaban J connectivity index is 2.15. The van der Waals surface area contributed by atoms with Crippen molar-refractivity contribution in [3.63, 3.8) is 0 Å². The molecule has 1 saturated carbocycles. The number of amides is 1. The highest BCUT2D eigenvalue weighted by Crippen LogP contribution is 2.28. The zero-order valence-electron chi connectivity index (χ0n) is 9.89. The Morgan fingerprint density at radius 2 is 2.41 bits per heavy atom. The first kappa shape index (κ1) is 11.9. The van der Waals surface area contributed by atoms with Gasteiger partial charge in [0.05, 0.1) is 6.61 Å². The number of rotatable bonds is 5. The maximum absolute atomic E-state index is 12.2. The van der Waals surface area contributed by atoms with E-state index in [1.165, 1.54) is 0 Å². The van der Waals surface area contributed by atoms with E-state index in [1.807, 2.05) is 0 Å². The van der Waals surface area contributed by atoms with Crippen LogP contribution in [0.1, 0.15) is 23.2 Å². The Hall–Kier alpha value is -1.62. The minimum atomic E-state index is -0.0274. The van der Waals surface area contributed by atoms with E-state index in [0.29, 0.717) is 24.0 Å². The molecule has 0 aliphatic heterocycles. The maximum Gasteiger partial charge on any atom is 0.254 e. The summed E-state index contributed by atoms with van der Waals surface area (Å²) in [5, 5.41) is 11.9. The summed E-state index contributed by atoms with van der Waals surface area (Å²) >= 11 is 0. The van der Waals surface area contributed by atoms with Crippen molar-refractivity contribution in [3.05, 3.63) is 23.9 Å². The molecule has 1 fully saturated rings. The van der Waals surface area contributed by atoms with Gasteiger partial charge in [0, 0.05) is 31.4 Å². The van der Waals surface area contributed by atoms with Crippen LogP contribution < -0.4 is 5.32 Å². The number of anilines is 1. The lowest BCUT2D eigenvalue weighted by Crippen LogP contribution is -2.35. The first-order valence-electron chi connectivity index (χ1n) is 5.82. The summed E-state index contributed by atoms with van der Waals surface area (Å²) in [5.74, 6) is 0.649. The lowest BCUT2D eigenvalue weighted by Gasteiger charge is -2.21. The summed E-state index contributed by atoms with van der Waals surface area (Å²) < 4.78 is 0. The lowest BCUT2D eigenvalue weighted by molar-refractivity contribution is 0.0707. The van der Waals surface area contributed by atoms with Crippen molar-refractivity contribution < 1.29 is 9.90 Å². The first-order valence-corrected chi connectivity index (χ1v) is 5.82. The zero-order chi connectivity index (χ0) is 12.3. The van der Waals surface area contributed by atoms with Crippen LogP contribution in [0, 0.1) is 0 Å². The molecule has 2 N–H and O–H groups in total. The number of aliphatic hydroxyl groups excluding tert-OH is 1. The lowest BCUT2D eigenvalue weighted by atomic mass is 10.2. The summed E-state index contributed by atoms with van der Waals surface area (Å²) in [6.45, 7) is 0.410. The summed E-state index contributed by atoms with van der Waals surface area (Å²) in [7, 11) is 1.77. The number of aliphatic hydroxyl groups is 1. The Labute approximate surface area is 100 Å². The molecule has 17 heavy (non-hydrogen) atoms. The Morgan fingerprint density at radius 1 is 1.65 bits per heavy atom. The van der Waals surface area contributed by atoms with E-state index in [2.05, 4.69) is 10.3 Å². The van der Waals surface area contributed by atoms with Crippen LogP contribution in [-0.2, 0) is 0 Å². The molecule has 1 aliphatic rings. The monoisotopic (exact) mass is 235 g/mol. The molecule has 0 aromatic carbocycles. The van der Waals surface area contributed by atoms with E-state index in [1.54, 1.807) is 30.3 Å². The van der Waals surface area contributed by atoms with Gasteiger partial charge in [-0.1, -0.05) is 0 Å². The number of hydrogen-bond acceptors (Lipinski definition) is 4. The predicted molar refractivity (Wildman–Crippen MR) is 64.9 cm³/mol. The van der Waals surface area contributed by atoms with Gasteiger partial charge in [0.25, 0.3) is 5.91 Å². The van der Waals surface area contributed by atoms with Crippen molar-refractivity contribution in [2.24, 2.45) is 0 Å². The molecule has 2 rings (SSSR count). The van der Waals surface area contributed by atoms with Gasteiger partial charge in [-0.25, -0.2) is 4.98 Å². The second-order valence-corrected chi connectivity index (χ2v) is 4.13. The van der Waals surface area contributed by atoms with Gasteiger partial charge in [0.1, 0.15) is 5.82 Å². The summed E-state index contributed by atoms with van der Waals surface area (Å²) in [5.41, 5.74) is 0.615. The quantitative estimate of drug-likeness (QED) is 0.789. The van der Waals surface area contributed by atoms with E-state index >= 15 is 0 Å². The fourth-order valence-corrected chi connectivity index (χ4v) is 1.81. The van der Waals surface area contributed by atoms with Gasteiger partial charge in [0.2, 0.25) is 0 Å². The maximum atomic E-state index is 12.2. The normalized spacial score (nSPS) is 14.5. The molecular formula is C12H17N3O2. The number of carbonyl (C=O) groups is 1. The molecule has 5 heteroatoms. The zero-order valence-corrected chi connectivity index (χ0v) is 9.89. The fraction of sp³-hybridized carbons (Fsp3) is 0.500. The molecule has 0 radical (unpaired) electrons. The van der Waals surface area contributed by atoms with Gasteiger partial charge in [-0.15, -0.1) is 0 Å². The molecule has 0 bridgehead atoms. The molecule has 1 aliphatic carbocycles. The average Bonchev–Trinajstić information content (AvgIpc) is 3.19. The summed E-state index contributed by atoms with van der Waals surface area (Å²) in [6, 6.07) is 3.74. The van der Waals surface area contributed by atoms with Crippen LogP contribution in [0.3, 0.4) is 0 Å². The van der Waals surface area contributed by atoms with Gasteiger partial charge in [-0.05, 0) is 25.0 Å². The number of pyridine rings is 1. The molecule has 5 nitrogen and oxygen atoms in total. The minimum Gasteiger partial charge on any atom is -0.395 e. The number of nitrogens with one attached hydrogen (secondary N) is 1. The highest BCUT2D eigenvalue weighted by Gasteiger charge is 2.32. The van der Waals surface area contributed by atoms with Crippen molar-refractivity contribution in [3.8, 4) is 0 Å². The van der Waals surface area contributed by atoms with Crippen LogP contribution in [0.25, 0.3) is 0 Å². The molecule has 1 aromatic rings. The molecule has 1 aromatic heterocycles. The third-order valence-corrected chi connectivity index (χ3v) is 2.85. The van der Waals surface area contributed by atoms with E-state index in [-0.39, 0.29) is 12.5 Å². The van der Waals surface area contributed by atoms with Crippen molar-refractivity contribution >= 4 is 11.7 Å². The van der Waals surface area contributed by atoms with Crippen LogP contribution in [-0.4, -0.2) is 47.1 Å². The van der Waals surface area contributed by atoms with Crippen LogP contribution in [0.15, 0.2) is 18.3 Å². The summed E-state index contributed by atoms with van der Waals surface area (Å²) in [6.07, 6.45) is 3.69. The highest BCUT2D eigenvalue weighted by molar-refractivity contribution is 5.95. The van der Waals surface area contributed by atoms with Gasteiger partial charge < -0.3 is 15.3 Å². The van der Waals surface area contributed by atoms with Gasteiger partial charge in [-0.3, -0.25) is 4.79 Å². The van der Waals surface area contributed by atoms with Crippen molar-refractivity contribution in [1.29, 1.82) is 0 Å². The van der Waals surface area contributed by atoms with Crippen molar-refractivity contribution in [1.82, 2.24) is 9.88 Å². The number of aromatic nitrogens is 1. The number of carbonyl (C=O) groups excluding carboxylic acids is 1. The molecular weight excluding hydrogens is 218 g/mol. The smallest absolute Gasteiger partial charge is 0.254 e. The van der Waals surface area contributed by atoms with E-state index in [4.69, 9.17) is 5.11 Å². The molecule has 92 valence electrons. The second kappa shape index (κ2) is 5.14. The van der Waals surface area contributed by atoms with Crippen molar-refractivity contribution in [2.45, 2.75) is 18.9 Å². The molecule has 0 saturated heterocycles. The minimum absolute atomic E-state index is 0.00616. The Bertz CT molecular complexity index is 404. The molecule has 0 atom stereocenters. The number of nitrogens with zero attached hydrogens (tertiary/aromatic N) is 2. The highest BCUT2D eigenvalue weighted by atomic mass is 16.3. The standard InChI is InChI=1S/C12H17N3O2/c1-13-11-8-9(4-5-14-11)12(17)15(6-7-16)10-2-3-10/h4-5,8,10,16H,2-3,6-7H2,1H3,(H,13,14). The molecule has 0 unspecified atom stereocenters. The van der Waals surface area contributed by atoms with E-state index < -0.39 is 0 Å². The molecule has 1 heterocycles. The van der Waals surface area contributed by atoms with Gasteiger partial charge in [0.15, 0.2) is 0 Å².